The van der Waals surface area contributed by atoms with E-state index in [2.05, 4.69) is 29.1 Å². The number of rotatable bonds is 14. The number of halogens is 2. The summed E-state index contributed by atoms with van der Waals surface area (Å²) >= 11 is 9.85. The number of likely N-dealkylation sites (tertiary alicyclic amines) is 1. The predicted molar refractivity (Wildman–Crippen MR) is 173 cm³/mol. The van der Waals surface area contributed by atoms with Gasteiger partial charge in [-0.25, -0.2) is 0 Å². The Balaban J connectivity index is 1.55. The molecule has 2 amide bonds. The van der Waals surface area contributed by atoms with Crippen molar-refractivity contribution in [2.75, 3.05) is 24.7 Å². The first-order chi connectivity index (χ1) is 21.3. The average Bonchev–Trinajstić information content (AvgIpc) is 3.62. The molecule has 2 bridgehead atoms. The van der Waals surface area contributed by atoms with E-state index in [1.165, 1.54) is 4.90 Å². The Bertz CT molecular complexity index is 1370. The van der Waals surface area contributed by atoms with Gasteiger partial charge in [0.05, 0.1) is 37.2 Å². The van der Waals surface area contributed by atoms with Crippen molar-refractivity contribution in [3.8, 4) is 0 Å². The van der Waals surface area contributed by atoms with Crippen LogP contribution in [-0.2, 0) is 30.3 Å². The first kappa shape index (κ1) is 32.4. The second-order valence-corrected chi connectivity index (χ2v) is 13.2. The Labute approximate surface area is 271 Å². The molecule has 7 atom stereocenters. The van der Waals surface area contributed by atoms with Gasteiger partial charge in [0.25, 0.3) is 5.91 Å². The molecule has 234 valence electrons. The lowest BCUT2D eigenvalue weighted by molar-refractivity contribution is -0.155. The van der Waals surface area contributed by atoms with Gasteiger partial charge in [0, 0.05) is 22.1 Å². The molecule has 3 aliphatic heterocycles. The number of aliphatic hydroxyl groups is 1. The highest BCUT2D eigenvalue weighted by Gasteiger charge is 2.77. The zero-order valence-corrected chi connectivity index (χ0v) is 26.9. The van der Waals surface area contributed by atoms with Crippen molar-refractivity contribution in [1.29, 1.82) is 0 Å². The summed E-state index contributed by atoms with van der Waals surface area (Å²) in [6.07, 6.45) is 5.79. The number of alkyl halides is 1. The lowest BCUT2D eigenvalue weighted by Crippen LogP contribution is -2.59. The molecular formula is C34H38BrClN2O6. The Hall–Kier alpha value is -2.98. The number of ether oxygens (including phenoxy) is 2. The zero-order valence-electron chi connectivity index (χ0n) is 24.5. The van der Waals surface area contributed by atoms with Gasteiger partial charge in [0.1, 0.15) is 11.6 Å². The van der Waals surface area contributed by atoms with Crippen LogP contribution in [0.3, 0.4) is 0 Å². The Morgan fingerprint density at radius 2 is 1.89 bits per heavy atom. The predicted octanol–water partition coefficient (Wildman–Crippen LogP) is 5.11. The summed E-state index contributed by atoms with van der Waals surface area (Å²) in [6.45, 7) is 7.59. The summed E-state index contributed by atoms with van der Waals surface area (Å²) in [6, 6.07) is 14.5. The van der Waals surface area contributed by atoms with Crippen LogP contribution in [0.5, 0.6) is 0 Å². The Morgan fingerprint density at radius 1 is 1.16 bits per heavy atom. The van der Waals surface area contributed by atoms with Crippen molar-refractivity contribution in [3.05, 3.63) is 90.5 Å². The molecule has 3 aliphatic rings. The fourth-order valence-corrected chi connectivity index (χ4v) is 8.10. The van der Waals surface area contributed by atoms with Crippen LogP contribution in [0.25, 0.3) is 0 Å². The monoisotopic (exact) mass is 684 g/mol. The minimum absolute atomic E-state index is 0.166. The maximum Gasteiger partial charge on any atom is 0.312 e. The second kappa shape index (κ2) is 14.0. The number of allylic oxidation sites excluding steroid dienone is 1. The van der Waals surface area contributed by atoms with Gasteiger partial charge in [0.15, 0.2) is 0 Å². The van der Waals surface area contributed by atoms with E-state index in [0.29, 0.717) is 30.0 Å². The molecule has 44 heavy (non-hydrogen) atoms. The van der Waals surface area contributed by atoms with Crippen molar-refractivity contribution < 1.29 is 29.0 Å². The van der Waals surface area contributed by atoms with Crippen LogP contribution in [0.15, 0.2) is 79.9 Å². The molecule has 3 fully saturated rings. The second-order valence-electron chi connectivity index (χ2n) is 11.6. The number of hydrogen-bond donors (Lipinski definition) is 1. The van der Waals surface area contributed by atoms with Crippen molar-refractivity contribution in [3.63, 3.8) is 0 Å². The Kier molecular flexibility index (Phi) is 10.3. The van der Waals surface area contributed by atoms with Gasteiger partial charge in [0.2, 0.25) is 5.91 Å². The smallest absolute Gasteiger partial charge is 0.312 e. The maximum atomic E-state index is 14.8. The molecule has 0 radical (unpaired) electrons. The highest BCUT2D eigenvalue weighted by molar-refractivity contribution is 9.09. The fourth-order valence-electron chi connectivity index (χ4n) is 7.03. The topological polar surface area (TPSA) is 96.4 Å². The third-order valence-corrected chi connectivity index (χ3v) is 10.0. The molecule has 0 aromatic heterocycles. The van der Waals surface area contributed by atoms with E-state index >= 15 is 0 Å². The number of carbonyl (C=O) groups excluding carboxylic acids is 3. The van der Waals surface area contributed by atoms with E-state index in [1.807, 2.05) is 36.4 Å². The number of fused-ring (bicyclic) bond motifs is 1. The first-order valence-electron chi connectivity index (χ1n) is 15.0. The standard InChI is InChI=1S/C34H38BrClN2O6/c1-3-5-6-10-18-43-33(42)27-28-31(40)38(25(21-39)19-22-11-8-7-9-12-22)30(34(28)20-26(35)29(27)44-34)32(41)37(17-4-2)24-15-13-23(36)14-16-24/h3-4,7-9,11-16,25-30,39H,1-2,5-6,10,17-21H2/t25-,26?,27+,28+,29+,30?,34?/m1/s1. The van der Waals surface area contributed by atoms with Crippen LogP contribution in [0, 0.1) is 11.8 Å². The fraction of sp³-hybridized carbons (Fsp3) is 0.441. The number of nitrogens with zero attached hydrogens (tertiary/aromatic N) is 2. The van der Waals surface area contributed by atoms with Gasteiger partial charge >= 0.3 is 5.97 Å². The van der Waals surface area contributed by atoms with Crippen LogP contribution in [0.4, 0.5) is 5.69 Å². The molecule has 10 heteroatoms. The van der Waals surface area contributed by atoms with Gasteiger partial charge < -0.3 is 24.4 Å². The number of unbranched alkanes of at least 4 members (excludes halogenated alkanes) is 2. The molecule has 2 aromatic rings. The minimum Gasteiger partial charge on any atom is -0.465 e. The molecule has 3 unspecified atom stereocenters. The van der Waals surface area contributed by atoms with E-state index < -0.39 is 41.6 Å². The number of hydrogen-bond acceptors (Lipinski definition) is 6. The molecule has 0 saturated carbocycles. The number of aliphatic hydroxyl groups excluding tert-OH is 1. The quantitative estimate of drug-likeness (QED) is 0.129. The van der Waals surface area contributed by atoms with Crippen molar-refractivity contribution in [2.45, 2.75) is 60.7 Å². The van der Waals surface area contributed by atoms with Gasteiger partial charge in [-0.1, -0.05) is 70.0 Å². The lowest BCUT2D eigenvalue weighted by Gasteiger charge is -2.39. The normalized spacial score (nSPS) is 27.6. The summed E-state index contributed by atoms with van der Waals surface area (Å²) in [5.74, 6) is -3.09. The highest BCUT2D eigenvalue weighted by Crippen LogP contribution is 2.61. The van der Waals surface area contributed by atoms with Gasteiger partial charge in [-0.2, -0.15) is 0 Å². The zero-order chi connectivity index (χ0) is 31.4. The van der Waals surface area contributed by atoms with Crippen LogP contribution in [-0.4, -0.2) is 76.2 Å². The first-order valence-corrected chi connectivity index (χ1v) is 16.3. The van der Waals surface area contributed by atoms with Crippen molar-refractivity contribution >= 4 is 51.0 Å². The summed E-state index contributed by atoms with van der Waals surface area (Å²) in [5, 5.41) is 11.2. The van der Waals surface area contributed by atoms with E-state index in [4.69, 9.17) is 21.1 Å². The molecule has 0 aliphatic carbocycles. The third-order valence-electron chi connectivity index (χ3n) is 8.91. The largest absolute Gasteiger partial charge is 0.465 e. The van der Waals surface area contributed by atoms with Crippen LogP contribution >= 0.6 is 27.5 Å². The number of benzene rings is 2. The summed E-state index contributed by atoms with van der Waals surface area (Å²) in [7, 11) is 0. The number of anilines is 1. The average molecular weight is 686 g/mol. The van der Waals surface area contributed by atoms with Crippen LogP contribution in [0.2, 0.25) is 5.02 Å². The summed E-state index contributed by atoms with van der Waals surface area (Å²) < 4.78 is 12.3. The lowest BCUT2D eigenvalue weighted by atomic mass is 9.70. The Morgan fingerprint density at radius 3 is 2.55 bits per heavy atom. The van der Waals surface area contributed by atoms with E-state index in [1.54, 1.807) is 35.2 Å². The summed E-state index contributed by atoms with van der Waals surface area (Å²) in [5.41, 5.74) is 0.184. The minimum atomic E-state index is -1.30. The highest BCUT2D eigenvalue weighted by atomic mass is 79.9. The summed E-state index contributed by atoms with van der Waals surface area (Å²) in [4.78, 5) is 45.7. The molecule has 1 N–H and O–H groups in total. The molecule has 5 rings (SSSR count). The molecule has 3 saturated heterocycles. The van der Waals surface area contributed by atoms with E-state index in [-0.39, 0.29) is 36.4 Å². The van der Waals surface area contributed by atoms with Crippen LogP contribution < -0.4 is 4.90 Å². The van der Waals surface area contributed by atoms with Crippen LogP contribution in [0.1, 0.15) is 31.2 Å². The molecule has 1 spiro atoms. The van der Waals surface area contributed by atoms with Gasteiger partial charge in [-0.05, 0) is 61.9 Å². The van der Waals surface area contributed by atoms with E-state index in [9.17, 15) is 19.5 Å². The van der Waals surface area contributed by atoms with E-state index in [0.717, 1.165) is 18.4 Å². The maximum absolute atomic E-state index is 14.8. The SMILES string of the molecule is C=CCCCCOC(=O)[C@H]1[C@H]2C(=O)N([C@@H](CO)Cc3ccccc3)C(C(=O)N(CC=C)c3ccc(Cl)cc3)C23CC(Br)[C@@H]1O3. The van der Waals surface area contributed by atoms with Crippen molar-refractivity contribution in [2.24, 2.45) is 11.8 Å². The third kappa shape index (κ3) is 5.99. The molecule has 3 heterocycles. The molecule has 2 aromatic carbocycles. The van der Waals surface area contributed by atoms with Crippen molar-refractivity contribution in [1.82, 2.24) is 4.90 Å². The number of esters is 1. The van der Waals surface area contributed by atoms with Gasteiger partial charge in [-0.3, -0.25) is 14.4 Å². The number of amides is 2. The number of carbonyl (C=O) groups is 3. The molecule has 8 nitrogen and oxygen atoms in total. The molecular weight excluding hydrogens is 648 g/mol. The van der Waals surface area contributed by atoms with Gasteiger partial charge in [-0.15, -0.1) is 13.2 Å².